The Labute approximate surface area is 145 Å². The second-order valence-corrected chi connectivity index (χ2v) is 9.18. The number of hydrogen-bond donors (Lipinski definition) is 1. The van der Waals surface area contributed by atoms with Crippen LogP contribution in [0.15, 0.2) is 27.6 Å². The smallest absolute Gasteiger partial charge is 0.407 e. The SMILES string of the molecule is CC1c2cc(Br)ccc2S(=O)(=O)N1CCNC(=O)OC(C)(C)C. The lowest BCUT2D eigenvalue weighted by molar-refractivity contribution is 0.0524. The van der Waals surface area contributed by atoms with Gasteiger partial charge in [-0.25, -0.2) is 13.2 Å². The summed E-state index contributed by atoms with van der Waals surface area (Å²) in [5.41, 5.74) is 0.177. The molecule has 1 aromatic rings. The topological polar surface area (TPSA) is 75.7 Å². The molecule has 0 bridgehead atoms. The fraction of sp³-hybridized carbons (Fsp3) is 0.533. The van der Waals surface area contributed by atoms with Crippen molar-refractivity contribution in [3.05, 3.63) is 28.2 Å². The lowest BCUT2D eigenvalue weighted by Crippen LogP contribution is -2.38. The fourth-order valence-corrected chi connectivity index (χ4v) is 4.73. The van der Waals surface area contributed by atoms with Crippen LogP contribution in [-0.2, 0) is 14.8 Å². The molecule has 1 amide bonds. The van der Waals surface area contributed by atoms with E-state index in [1.807, 2.05) is 13.0 Å². The van der Waals surface area contributed by atoms with E-state index in [0.29, 0.717) is 4.90 Å². The van der Waals surface area contributed by atoms with E-state index in [-0.39, 0.29) is 19.1 Å². The largest absolute Gasteiger partial charge is 0.444 e. The van der Waals surface area contributed by atoms with Gasteiger partial charge in [0.15, 0.2) is 0 Å². The van der Waals surface area contributed by atoms with Gasteiger partial charge in [-0.15, -0.1) is 0 Å². The number of ether oxygens (including phenoxy) is 1. The van der Waals surface area contributed by atoms with E-state index in [9.17, 15) is 13.2 Å². The number of amides is 1. The van der Waals surface area contributed by atoms with Gasteiger partial charge in [-0.3, -0.25) is 0 Å². The van der Waals surface area contributed by atoms with E-state index >= 15 is 0 Å². The highest BCUT2D eigenvalue weighted by atomic mass is 79.9. The number of alkyl carbamates (subject to hydrolysis) is 1. The third-order valence-electron chi connectivity index (χ3n) is 3.44. The molecule has 0 saturated carbocycles. The van der Waals surface area contributed by atoms with E-state index in [0.717, 1.165) is 10.0 Å². The van der Waals surface area contributed by atoms with Crippen molar-refractivity contribution >= 4 is 32.0 Å². The van der Waals surface area contributed by atoms with Crippen LogP contribution >= 0.6 is 15.9 Å². The molecule has 0 fully saturated rings. The average molecular weight is 405 g/mol. The van der Waals surface area contributed by atoms with Crippen LogP contribution in [0, 0.1) is 0 Å². The van der Waals surface area contributed by atoms with Crippen molar-refractivity contribution < 1.29 is 17.9 Å². The van der Waals surface area contributed by atoms with E-state index in [1.54, 1.807) is 32.9 Å². The Morgan fingerprint density at radius 2 is 2.04 bits per heavy atom. The van der Waals surface area contributed by atoms with Crippen molar-refractivity contribution in [1.29, 1.82) is 0 Å². The van der Waals surface area contributed by atoms with Gasteiger partial charge in [-0.1, -0.05) is 15.9 Å². The molecule has 1 N–H and O–H groups in total. The van der Waals surface area contributed by atoms with Crippen LogP contribution in [0.5, 0.6) is 0 Å². The Balaban J connectivity index is 2.04. The molecule has 1 atom stereocenters. The molecule has 0 saturated heterocycles. The highest BCUT2D eigenvalue weighted by molar-refractivity contribution is 9.10. The van der Waals surface area contributed by atoms with Crippen molar-refractivity contribution in [2.75, 3.05) is 13.1 Å². The summed E-state index contributed by atoms with van der Waals surface area (Å²) in [5.74, 6) is 0. The molecule has 0 aromatic heterocycles. The van der Waals surface area contributed by atoms with Gasteiger partial charge in [0, 0.05) is 23.6 Å². The van der Waals surface area contributed by atoms with Gasteiger partial charge < -0.3 is 10.1 Å². The third-order valence-corrected chi connectivity index (χ3v) is 5.98. The number of halogens is 1. The summed E-state index contributed by atoms with van der Waals surface area (Å²) >= 11 is 3.36. The fourth-order valence-electron chi connectivity index (χ4n) is 2.47. The van der Waals surface area contributed by atoms with Crippen LogP contribution in [0.2, 0.25) is 0 Å². The van der Waals surface area contributed by atoms with Gasteiger partial charge in [0.1, 0.15) is 5.60 Å². The van der Waals surface area contributed by atoms with E-state index in [4.69, 9.17) is 4.74 Å². The van der Waals surface area contributed by atoms with Gasteiger partial charge in [0.05, 0.1) is 4.90 Å². The lowest BCUT2D eigenvalue weighted by Gasteiger charge is -2.22. The van der Waals surface area contributed by atoms with Crippen LogP contribution < -0.4 is 5.32 Å². The number of nitrogens with one attached hydrogen (secondary N) is 1. The van der Waals surface area contributed by atoms with Gasteiger partial charge in [0.25, 0.3) is 0 Å². The van der Waals surface area contributed by atoms with Gasteiger partial charge in [0.2, 0.25) is 10.0 Å². The Morgan fingerprint density at radius 3 is 2.65 bits per heavy atom. The summed E-state index contributed by atoms with van der Waals surface area (Å²) in [6.07, 6.45) is -0.554. The molecule has 2 rings (SSSR count). The summed E-state index contributed by atoms with van der Waals surface area (Å²) in [6, 6.07) is 4.87. The number of rotatable bonds is 3. The average Bonchev–Trinajstić information content (AvgIpc) is 2.57. The van der Waals surface area contributed by atoms with Crippen LogP contribution in [0.25, 0.3) is 0 Å². The van der Waals surface area contributed by atoms with E-state index in [2.05, 4.69) is 21.2 Å². The molecule has 6 nitrogen and oxygen atoms in total. The number of benzene rings is 1. The predicted octanol–water partition coefficient (Wildman–Crippen LogP) is 3.04. The summed E-state index contributed by atoms with van der Waals surface area (Å²) in [6.45, 7) is 7.53. The molecule has 0 aliphatic carbocycles. The number of fused-ring (bicyclic) bond motifs is 1. The Hall–Kier alpha value is -1.12. The first kappa shape index (κ1) is 18.2. The second-order valence-electron chi connectivity index (χ2n) is 6.40. The van der Waals surface area contributed by atoms with Crippen molar-refractivity contribution in [2.45, 2.75) is 44.2 Å². The molecule has 0 spiro atoms. The molecule has 128 valence electrons. The molecule has 0 radical (unpaired) electrons. The first-order valence-corrected chi connectivity index (χ1v) is 9.54. The molecule has 8 heteroatoms. The minimum Gasteiger partial charge on any atom is -0.444 e. The molecule has 1 aliphatic heterocycles. The third kappa shape index (κ3) is 4.05. The van der Waals surface area contributed by atoms with E-state index < -0.39 is 21.7 Å². The normalized spacial score (nSPS) is 20.1. The minimum absolute atomic E-state index is 0.188. The lowest BCUT2D eigenvalue weighted by atomic mass is 10.1. The summed E-state index contributed by atoms with van der Waals surface area (Å²) in [7, 11) is -3.53. The molecule has 1 aliphatic rings. The number of hydrogen-bond acceptors (Lipinski definition) is 4. The van der Waals surface area contributed by atoms with Crippen molar-refractivity contribution in [3.63, 3.8) is 0 Å². The standard InChI is InChI=1S/C15H21BrN2O4S/c1-10-12-9-11(16)5-6-13(12)23(20,21)18(10)8-7-17-14(19)22-15(2,3)4/h5-6,9-10H,7-8H2,1-4H3,(H,17,19). The molecular formula is C15H21BrN2O4S. The summed E-state index contributed by atoms with van der Waals surface area (Å²) in [4.78, 5) is 12.0. The van der Waals surface area contributed by atoms with E-state index in [1.165, 1.54) is 4.31 Å². The molecule has 23 heavy (non-hydrogen) atoms. The zero-order chi connectivity index (χ0) is 17.4. The predicted molar refractivity (Wildman–Crippen MR) is 90.7 cm³/mol. The molecule has 1 aromatic carbocycles. The zero-order valence-corrected chi connectivity index (χ0v) is 16.0. The second kappa shape index (κ2) is 6.41. The van der Waals surface area contributed by atoms with Crippen LogP contribution in [-0.4, -0.2) is 37.5 Å². The van der Waals surface area contributed by atoms with Crippen LogP contribution in [0.4, 0.5) is 4.79 Å². The van der Waals surface area contributed by atoms with Crippen LogP contribution in [0.1, 0.15) is 39.3 Å². The van der Waals surface area contributed by atoms with Crippen molar-refractivity contribution in [2.24, 2.45) is 0 Å². The quantitative estimate of drug-likeness (QED) is 0.839. The Bertz CT molecular complexity index is 713. The number of carbonyl (C=O) groups is 1. The first-order chi connectivity index (χ1) is 10.5. The van der Waals surface area contributed by atoms with Crippen molar-refractivity contribution in [3.8, 4) is 0 Å². The summed E-state index contributed by atoms with van der Waals surface area (Å²) < 4.78 is 32.5. The zero-order valence-electron chi connectivity index (χ0n) is 13.6. The van der Waals surface area contributed by atoms with Gasteiger partial charge in [-0.05, 0) is 51.5 Å². The molecular weight excluding hydrogens is 384 g/mol. The maximum absolute atomic E-state index is 12.6. The number of sulfonamides is 1. The monoisotopic (exact) mass is 404 g/mol. The maximum Gasteiger partial charge on any atom is 0.407 e. The highest BCUT2D eigenvalue weighted by Crippen LogP contribution is 2.39. The van der Waals surface area contributed by atoms with Gasteiger partial charge >= 0.3 is 6.09 Å². The Kier molecular flexibility index (Phi) is 5.08. The molecule has 1 heterocycles. The Morgan fingerprint density at radius 1 is 1.39 bits per heavy atom. The number of carbonyl (C=O) groups excluding carboxylic acids is 1. The summed E-state index contributed by atoms with van der Waals surface area (Å²) in [5, 5.41) is 2.59. The maximum atomic E-state index is 12.6. The van der Waals surface area contributed by atoms with Gasteiger partial charge in [-0.2, -0.15) is 4.31 Å². The molecule has 1 unspecified atom stereocenters. The van der Waals surface area contributed by atoms with Crippen molar-refractivity contribution in [1.82, 2.24) is 9.62 Å². The number of nitrogens with zero attached hydrogens (tertiary/aromatic N) is 1. The highest BCUT2D eigenvalue weighted by Gasteiger charge is 2.39. The van der Waals surface area contributed by atoms with Crippen LogP contribution in [0.3, 0.4) is 0 Å². The first-order valence-electron chi connectivity index (χ1n) is 7.30. The minimum atomic E-state index is -3.53.